The first-order chi connectivity index (χ1) is 6.69. The summed E-state index contributed by atoms with van der Waals surface area (Å²) in [5.74, 6) is -0.533. The second-order valence-corrected chi connectivity index (χ2v) is 3.04. The van der Waals surface area contributed by atoms with E-state index < -0.39 is 5.91 Å². The van der Waals surface area contributed by atoms with Crippen LogP contribution < -0.4 is 4.90 Å². The summed E-state index contributed by atoms with van der Waals surface area (Å²) in [7, 11) is 1.58. The number of amides is 1. The predicted molar refractivity (Wildman–Crippen MR) is 55.3 cm³/mol. The van der Waals surface area contributed by atoms with E-state index in [2.05, 4.69) is 6.92 Å². The van der Waals surface area contributed by atoms with Gasteiger partial charge in [-0.1, -0.05) is 19.1 Å². The Labute approximate surface area is 83.3 Å². The summed E-state index contributed by atoms with van der Waals surface area (Å²) in [6.45, 7) is 2.06. The number of carbonyl (C=O) groups is 2. The lowest BCUT2D eigenvalue weighted by molar-refractivity contribution is -0.129. The first-order valence-electron chi connectivity index (χ1n) is 4.50. The Balaban J connectivity index is 2.86. The first-order valence-corrected chi connectivity index (χ1v) is 4.50. The number of benzene rings is 1. The van der Waals surface area contributed by atoms with Crippen LogP contribution >= 0.6 is 0 Å². The van der Waals surface area contributed by atoms with Gasteiger partial charge in [0.25, 0.3) is 5.91 Å². The molecule has 0 aromatic heterocycles. The van der Waals surface area contributed by atoms with Crippen molar-refractivity contribution in [1.29, 1.82) is 0 Å². The van der Waals surface area contributed by atoms with Gasteiger partial charge >= 0.3 is 0 Å². The summed E-state index contributed by atoms with van der Waals surface area (Å²) in [5.41, 5.74) is 1.94. The number of hydrogen-bond donors (Lipinski definition) is 0. The summed E-state index contributed by atoms with van der Waals surface area (Å²) in [4.78, 5) is 22.6. The highest BCUT2D eigenvalue weighted by Gasteiger charge is 2.08. The minimum atomic E-state index is -0.533. The van der Waals surface area contributed by atoms with Crippen molar-refractivity contribution >= 4 is 17.9 Å². The van der Waals surface area contributed by atoms with E-state index in [1.54, 1.807) is 7.05 Å². The van der Waals surface area contributed by atoms with Crippen LogP contribution in [0.3, 0.4) is 0 Å². The molecule has 3 nitrogen and oxygen atoms in total. The van der Waals surface area contributed by atoms with Crippen molar-refractivity contribution in [2.45, 2.75) is 13.3 Å². The second-order valence-electron chi connectivity index (χ2n) is 3.04. The third-order valence-corrected chi connectivity index (χ3v) is 2.16. The Morgan fingerprint density at radius 3 is 2.36 bits per heavy atom. The molecule has 1 aromatic carbocycles. The third kappa shape index (κ3) is 2.19. The Bertz CT molecular complexity index is 330. The van der Waals surface area contributed by atoms with Crippen LogP contribution in [0.1, 0.15) is 12.5 Å². The highest BCUT2D eigenvalue weighted by molar-refractivity contribution is 6.30. The molecule has 1 rings (SSSR count). The quantitative estimate of drug-likeness (QED) is 0.535. The smallest absolute Gasteiger partial charge is 0.290 e. The average molecular weight is 191 g/mol. The zero-order chi connectivity index (χ0) is 10.6. The van der Waals surface area contributed by atoms with Crippen LogP contribution in [0.2, 0.25) is 0 Å². The minimum Gasteiger partial charge on any atom is -0.309 e. The molecule has 0 bridgehead atoms. The summed E-state index contributed by atoms with van der Waals surface area (Å²) >= 11 is 0. The Kier molecular flexibility index (Phi) is 3.40. The maximum absolute atomic E-state index is 11.0. The number of anilines is 1. The van der Waals surface area contributed by atoms with Gasteiger partial charge in [0.1, 0.15) is 0 Å². The SMILES string of the molecule is CCc1ccc(N(C)C(=O)C=O)cc1. The van der Waals surface area contributed by atoms with Crippen molar-refractivity contribution in [3.05, 3.63) is 29.8 Å². The molecule has 0 heterocycles. The molecule has 0 saturated carbocycles. The zero-order valence-corrected chi connectivity index (χ0v) is 8.36. The van der Waals surface area contributed by atoms with Gasteiger partial charge in [-0.3, -0.25) is 9.59 Å². The van der Waals surface area contributed by atoms with E-state index in [1.165, 1.54) is 10.5 Å². The molecular formula is C11H13NO2. The van der Waals surface area contributed by atoms with E-state index in [0.29, 0.717) is 6.29 Å². The number of nitrogens with zero attached hydrogens (tertiary/aromatic N) is 1. The summed E-state index contributed by atoms with van der Waals surface area (Å²) in [6, 6.07) is 7.56. The van der Waals surface area contributed by atoms with E-state index in [0.717, 1.165) is 12.1 Å². The lowest BCUT2D eigenvalue weighted by Gasteiger charge is -2.13. The van der Waals surface area contributed by atoms with Crippen LogP contribution in [0, 0.1) is 0 Å². The van der Waals surface area contributed by atoms with Gasteiger partial charge in [-0.15, -0.1) is 0 Å². The van der Waals surface area contributed by atoms with E-state index in [4.69, 9.17) is 0 Å². The molecule has 74 valence electrons. The van der Waals surface area contributed by atoms with E-state index in [9.17, 15) is 9.59 Å². The molecule has 0 fully saturated rings. The molecule has 14 heavy (non-hydrogen) atoms. The number of rotatable bonds is 3. The standard InChI is InChI=1S/C11H13NO2/c1-3-9-4-6-10(7-5-9)12(2)11(14)8-13/h4-8H,3H2,1-2H3. The highest BCUT2D eigenvalue weighted by Crippen LogP contribution is 2.13. The second kappa shape index (κ2) is 4.56. The zero-order valence-electron chi connectivity index (χ0n) is 8.36. The van der Waals surface area contributed by atoms with Crippen LogP contribution in [-0.2, 0) is 16.0 Å². The molecule has 1 amide bonds. The first kappa shape index (κ1) is 10.4. The maximum Gasteiger partial charge on any atom is 0.290 e. The van der Waals surface area contributed by atoms with Gasteiger partial charge in [-0.2, -0.15) is 0 Å². The van der Waals surface area contributed by atoms with Gasteiger partial charge in [0.2, 0.25) is 6.29 Å². The number of aldehydes is 1. The number of likely N-dealkylation sites (N-methyl/N-ethyl adjacent to an activating group) is 1. The molecule has 0 unspecified atom stereocenters. The van der Waals surface area contributed by atoms with Crippen LogP contribution in [0.4, 0.5) is 5.69 Å². The largest absolute Gasteiger partial charge is 0.309 e. The Hall–Kier alpha value is -1.64. The topological polar surface area (TPSA) is 37.4 Å². The van der Waals surface area contributed by atoms with Crippen LogP contribution in [0.15, 0.2) is 24.3 Å². The van der Waals surface area contributed by atoms with Gasteiger partial charge in [0.05, 0.1) is 0 Å². The normalized spacial score (nSPS) is 9.57. The molecule has 0 N–H and O–H groups in total. The fourth-order valence-electron chi connectivity index (χ4n) is 1.16. The predicted octanol–water partition coefficient (Wildman–Crippen LogP) is 1.41. The third-order valence-electron chi connectivity index (χ3n) is 2.16. The monoisotopic (exact) mass is 191 g/mol. The van der Waals surface area contributed by atoms with E-state index in [1.807, 2.05) is 24.3 Å². The summed E-state index contributed by atoms with van der Waals surface area (Å²) in [5, 5.41) is 0. The van der Waals surface area contributed by atoms with Crippen LogP contribution in [-0.4, -0.2) is 19.2 Å². The van der Waals surface area contributed by atoms with Crippen molar-refractivity contribution in [1.82, 2.24) is 0 Å². The molecule has 0 aliphatic heterocycles. The van der Waals surface area contributed by atoms with Gasteiger partial charge in [0, 0.05) is 12.7 Å². The molecule has 0 saturated heterocycles. The number of hydrogen-bond acceptors (Lipinski definition) is 2. The minimum absolute atomic E-state index is 0.313. The maximum atomic E-state index is 11.0. The van der Waals surface area contributed by atoms with Crippen molar-refractivity contribution in [3.8, 4) is 0 Å². The van der Waals surface area contributed by atoms with Gasteiger partial charge in [-0.25, -0.2) is 0 Å². The molecule has 0 atom stereocenters. The average Bonchev–Trinajstić information content (AvgIpc) is 2.27. The molecule has 0 aliphatic carbocycles. The highest BCUT2D eigenvalue weighted by atomic mass is 16.2. The van der Waals surface area contributed by atoms with Crippen molar-refractivity contribution in [3.63, 3.8) is 0 Å². The molecule has 3 heteroatoms. The molecule has 0 spiro atoms. The molecule has 0 radical (unpaired) electrons. The summed E-state index contributed by atoms with van der Waals surface area (Å²) < 4.78 is 0. The number of aryl methyl sites for hydroxylation is 1. The molecule has 0 aliphatic rings. The van der Waals surface area contributed by atoms with Gasteiger partial charge in [-0.05, 0) is 24.1 Å². The van der Waals surface area contributed by atoms with Gasteiger partial charge < -0.3 is 4.90 Å². The van der Waals surface area contributed by atoms with Crippen LogP contribution in [0.5, 0.6) is 0 Å². The fraction of sp³-hybridized carbons (Fsp3) is 0.273. The van der Waals surface area contributed by atoms with E-state index >= 15 is 0 Å². The van der Waals surface area contributed by atoms with Crippen molar-refractivity contribution < 1.29 is 9.59 Å². The van der Waals surface area contributed by atoms with Crippen molar-refractivity contribution in [2.75, 3.05) is 11.9 Å². The number of carbonyl (C=O) groups excluding carboxylic acids is 2. The molecule has 1 aromatic rings. The Morgan fingerprint density at radius 2 is 1.93 bits per heavy atom. The summed E-state index contributed by atoms with van der Waals surface area (Å²) in [6.07, 6.45) is 1.28. The fourth-order valence-corrected chi connectivity index (χ4v) is 1.16. The molecular weight excluding hydrogens is 178 g/mol. The lowest BCUT2D eigenvalue weighted by Crippen LogP contribution is -2.26. The van der Waals surface area contributed by atoms with E-state index in [-0.39, 0.29) is 0 Å². The van der Waals surface area contributed by atoms with Crippen LogP contribution in [0.25, 0.3) is 0 Å². The van der Waals surface area contributed by atoms with Crippen molar-refractivity contribution in [2.24, 2.45) is 0 Å². The Morgan fingerprint density at radius 1 is 1.36 bits per heavy atom. The lowest BCUT2D eigenvalue weighted by atomic mass is 10.1. The van der Waals surface area contributed by atoms with Gasteiger partial charge in [0.15, 0.2) is 0 Å².